The van der Waals surface area contributed by atoms with Crippen molar-refractivity contribution in [1.82, 2.24) is 10.2 Å². The molecule has 3 heteroatoms. The Morgan fingerprint density at radius 2 is 2.17 bits per heavy atom. The van der Waals surface area contributed by atoms with Crippen molar-refractivity contribution in [1.29, 1.82) is 0 Å². The van der Waals surface area contributed by atoms with Gasteiger partial charge in [-0.15, -0.1) is 0 Å². The van der Waals surface area contributed by atoms with Gasteiger partial charge in [-0.05, 0) is 64.0 Å². The summed E-state index contributed by atoms with van der Waals surface area (Å²) in [5.41, 5.74) is 1.36. The number of nitrogens with one attached hydrogen (secondary N) is 1. The predicted molar refractivity (Wildman–Crippen MR) is 80.8 cm³/mol. The number of hydrogen-bond donors (Lipinski definition) is 1. The summed E-state index contributed by atoms with van der Waals surface area (Å²) < 4.78 is 1.16. The highest BCUT2D eigenvalue weighted by Crippen LogP contribution is 2.20. The lowest BCUT2D eigenvalue weighted by atomic mass is 10.0. The van der Waals surface area contributed by atoms with E-state index < -0.39 is 0 Å². The van der Waals surface area contributed by atoms with E-state index >= 15 is 0 Å². The highest BCUT2D eigenvalue weighted by atomic mass is 79.9. The monoisotopic (exact) mass is 310 g/mol. The van der Waals surface area contributed by atoms with Crippen LogP contribution in [0, 0.1) is 0 Å². The van der Waals surface area contributed by atoms with Crippen LogP contribution in [0.25, 0.3) is 0 Å². The number of likely N-dealkylation sites (tertiary alicyclic amines) is 1. The van der Waals surface area contributed by atoms with Crippen LogP contribution in [-0.2, 0) is 0 Å². The first kappa shape index (κ1) is 14.0. The summed E-state index contributed by atoms with van der Waals surface area (Å²) >= 11 is 3.54. The molecule has 0 amide bonds. The van der Waals surface area contributed by atoms with Crippen molar-refractivity contribution in [2.45, 2.75) is 38.3 Å². The molecule has 0 saturated carbocycles. The van der Waals surface area contributed by atoms with Gasteiger partial charge < -0.3 is 10.2 Å². The minimum atomic E-state index is 0.427. The van der Waals surface area contributed by atoms with Crippen LogP contribution in [0.4, 0.5) is 0 Å². The van der Waals surface area contributed by atoms with E-state index in [4.69, 9.17) is 0 Å². The Morgan fingerprint density at radius 3 is 2.94 bits per heavy atom. The Balaban J connectivity index is 1.92. The zero-order valence-electron chi connectivity index (χ0n) is 11.3. The lowest BCUT2D eigenvalue weighted by molar-refractivity contribution is 0.340. The number of benzene rings is 1. The van der Waals surface area contributed by atoms with E-state index in [0.717, 1.165) is 4.47 Å². The van der Waals surface area contributed by atoms with Crippen molar-refractivity contribution >= 4 is 15.9 Å². The number of halogens is 1. The van der Waals surface area contributed by atoms with Crippen molar-refractivity contribution in [3.05, 3.63) is 34.3 Å². The third-order valence-electron chi connectivity index (χ3n) is 3.79. The van der Waals surface area contributed by atoms with Gasteiger partial charge in [0.05, 0.1) is 0 Å². The van der Waals surface area contributed by atoms with Gasteiger partial charge >= 0.3 is 0 Å². The first-order chi connectivity index (χ1) is 8.65. The minimum absolute atomic E-state index is 0.427. The zero-order valence-corrected chi connectivity index (χ0v) is 12.9. The van der Waals surface area contributed by atoms with Gasteiger partial charge in [0.15, 0.2) is 0 Å². The second-order valence-electron chi connectivity index (χ2n) is 5.37. The van der Waals surface area contributed by atoms with Crippen LogP contribution >= 0.6 is 15.9 Å². The molecule has 0 bridgehead atoms. The highest BCUT2D eigenvalue weighted by Gasteiger charge is 2.17. The van der Waals surface area contributed by atoms with Crippen LogP contribution < -0.4 is 5.32 Å². The summed E-state index contributed by atoms with van der Waals surface area (Å²) in [4.78, 5) is 2.44. The molecule has 0 aliphatic carbocycles. The molecule has 2 unspecified atom stereocenters. The molecule has 0 radical (unpaired) electrons. The molecule has 18 heavy (non-hydrogen) atoms. The summed E-state index contributed by atoms with van der Waals surface area (Å²) in [6, 6.07) is 9.68. The maximum atomic E-state index is 3.78. The molecule has 1 aromatic carbocycles. The lowest BCUT2D eigenvalue weighted by Crippen LogP contribution is -2.32. The smallest absolute Gasteiger partial charge is 0.0294 e. The van der Waals surface area contributed by atoms with Gasteiger partial charge in [-0.1, -0.05) is 28.1 Å². The summed E-state index contributed by atoms with van der Waals surface area (Å²) in [5, 5.41) is 3.78. The molecule has 1 aliphatic rings. The molecule has 2 nitrogen and oxygen atoms in total. The van der Waals surface area contributed by atoms with Gasteiger partial charge in [-0.25, -0.2) is 0 Å². The normalized spacial score (nSPS) is 23.6. The van der Waals surface area contributed by atoms with Gasteiger partial charge in [0.2, 0.25) is 0 Å². The maximum absolute atomic E-state index is 3.78. The molecule has 2 atom stereocenters. The quantitative estimate of drug-likeness (QED) is 0.918. The Morgan fingerprint density at radius 1 is 1.33 bits per heavy atom. The fourth-order valence-corrected chi connectivity index (χ4v) is 3.05. The van der Waals surface area contributed by atoms with Gasteiger partial charge in [-0.3, -0.25) is 0 Å². The molecular formula is C15H23BrN2. The third-order valence-corrected chi connectivity index (χ3v) is 4.28. The molecule has 1 fully saturated rings. The number of nitrogens with zero attached hydrogens (tertiary/aromatic N) is 1. The van der Waals surface area contributed by atoms with Crippen molar-refractivity contribution in [2.24, 2.45) is 0 Å². The van der Waals surface area contributed by atoms with Crippen LogP contribution in [0.1, 0.15) is 37.8 Å². The summed E-state index contributed by atoms with van der Waals surface area (Å²) in [6.07, 6.45) is 3.86. The number of hydrogen-bond acceptors (Lipinski definition) is 2. The molecule has 1 N–H and O–H groups in total. The molecule has 1 aliphatic heterocycles. The van der Waals surface area contributed by atoms with Crippen molar-refractivity contribution < 1.29 is 0 Å². The summed E-state index contributed by atoms with van der Waals surface area (Å²) in [5.74, 6) is 0. The number of rotatable bonds is 3. The topological polar surface area (TPSA) is 15.3 Å². The lowest BCUT2D eigenvalue weighted by Gasteiger charge is -2.22. The SMILES string of the molecule is CC(NC1CCCN(C)CC1)c1cccc(Br)c1. The van der Waals surface area contributed by atoms with Crippen LogP contribution in [0.2, 0.25) is 0 Å². The second kappa shape index (κ2) is 6.69. The minimum Gasteiger partial charge on any atom is -0.307 e. The Labute approximate surface area is 119 Å². The predicted octanol–water partition coefficient (Wildman–Crippen LogP) is 3.58. The molecule has 0 spiro atoms. The highest BCUT2D eigenvalue weighted by molar-refractivity contribution is 9.10. The Kier molecular flexibility index (Phi) is 5.22. The Hall–Kier alpha value is -0.380. The fourth-order valence-electron chi connectivity index (χ4n) is 2.63. The van der Waals surface area contributed by atoms with Crippen molar-refractivity contribution in [3.8, 4) is 0 Å². The largest absolute Gasteiger partial charge is 0.307 e. The van der Waals surface area contributed by atoms with Crippen LogP contribution in [0.3, 0.4) is 0 Å². The average Bonchev–Trinajstić information content (AvgIpc) is 2.54. The van der Waals surface area contributed by atoms with Gasteiger partial charge in [0.25, 0.3) is 0 Å². The van der Waals surface area contributed by atoms with Crippen molar-refractivity contribution in [3.63, 3.8) is 0 Å². The molecule has 100 valence electrons. The molecule has 0 aromatic heterocycles. The van der Waals surface area contributed by atoms with E-state index in [9.17, 15) is 0 Å². The van der Waals surface area contributed by atoms with E-state index in [2.05, 4.69) is 64.4 Å². The van der Waals surface area contributed by atoms with E-state index in [0.29, 0.717) is 12.1 Å². The third kappa shape index (κ3) is 4.08. The summed E-state index contributed by atoms with van der Waals surface area (Å²) in [7, 11) is 2.22. The summed E-state index contributed by atoms with van der Waals surface area (Å²) in [6.45, 7) is 4.71. The van der Waals surface area contributed by atoms with E-state index in [1.165, 1.54) is 37.9 Å². The zero-order chi connectivity index (χ0) is 13.0. The van der Waals surface area contributed by atoms with Gasteiger partial charge in [0, 0.05) is 16.6 Å². The van der Waals surface area contributed by atoms with Crippen molar-refractivity contribution in [2.75, 3.05) is 20.1 Å². The first-order valence-electron chi connectivity index (χ1n) is 6.85. The molecule has 1 saturated heterocycles. The van der Waals surface area contributed by atoms with Crippen LogP contribution in [-0.4, -0.2) is 31.1 Å². The molecule has 1 aromatic rings. The molecule has 1 heterocycles. The maximum Gasteiger partial charge on any atom is 0.0294 e. The Bertz CT molecular complexity index is 381. The second-order valence-corrected chi connectivity index (χ2v) is 6.29. The standard InChI is InChI=1S/C15H23BrN2/c1-12(13-5-3-6-14(16)11-13)17-15-7-4-9-18(2)10-8-15/h3,5-6,11-12,15,17H,4,7-10H2,1-2H3. The first-order valence-corrected chi connectivity index (χ1v) is 7.64. The fraction of sp³-hybridized carbons (Fsp3) is 0.600. The van der Waals surface area contributed by atoms with Crippen LogP contribution in [0.5, 0.6) is 0 Å². The van der Waals surface area contributed by atoms with E-state index in [1.807, 2.05) is 0 Å². The van der Waals surface area contributed by atoms with Crippen LogP contribution in [0.15, 0.2) is 28.7 Å². The molecule has 2 rings (SSSR count). The van der Waals surface area contributed by atoms with Gasteiger partial charge in [0.1, 0.15) is 0 Å². The van der Waals surface area contributed by atoms with E-state index in [1.54, 1.807) is 0 Å². The van der Waals surface area contributed by atoms with E-state index in [-0.39, 0.29) is 0 Å². The van der Waals surface area contributed by atoms with Gasteiger partial charge in [-0.2, -0.15) is 0 Å². The average molecular weight is 311 g/mol. The molecular weight excluding hydrogens is 288 g/mol.